The smallest absolute Gasteiger partial charge is 0.125 e. The van der Waals surface area contributed by atoms with Gasteiger partial charge in [-0.2, -0.15) is 0 Å². The van der Waals surface area contributed by atoms with Crippen LogP contribution in [0.3, 0.4) is 0 Å². The number of aryl methyl sites for hydroxylation is 3. The SMILES string of the molecule is COc1cc(C)cc(C)c1C(O)CCc1ccccn1. The van der Waals surface area contributed by atoms with Crippen LogP contribution in [0, 0.1) is 13.8 Å². The van der Waals surface area contributed by atoms with Crippen molar-refractivity contribution in [3.63, 3.8) is 0 Å². The molecule has 1 heterocycles. The van der Waals surface area contributed by atoms with Crippen molar-refractivity contribution in [1.82, 2.24) is 4.98 Å². The van der Waals surface area contributed by atoms with Crippen LogP contribution in [0.4, 0.5) is 0 Å². The number of hydrogen-bond donors (Lipinski definition) is 1. The van der Waals surface area contributed by atoms with Crippen LogP contribution in [-0.4, -0.2) is 17.2 Å². The lowest BCUT2D eigenvalue weighted by Gasteiger charge is -2.18. The summed E-state index contributed by atoms with van der Waals surface area (Å²) in [5, 5.41) is 10.5. The Kier molecular flexibility index (Phi) is 4.74. The summed E-state index contributed by atoms with van der Waals surface area (Å²) < 4.78 is 5.40. The zero-order valence-corrected chi connectivity index (χ0v) is 12.3. The van der Waals surface area contributed by atoms with E-state index in [0.717, 1.165) is 34.6 Å². The molecule has 1 aromatic carbocycles. The Morgan fingerprint density at radius 2 is 2.05 bits per heavy atom. The molecule has 0 spiro atoms. The first kappa shape index (κ1) is 14.5. The molecular weight excluding hydrogens is 250 g/mol. The molecule has 0 saturated heterocycles. The third-order valence-corrected chi connectivity index (χ3v) is 3.45. The Balaban J connectivity index is 2.15. The average Bonchev–Trinajstić information content (AvgIpc) is 2.45. The second kappa shape index (κ2) is 6.53. The monoisotopic (exact) mass is 271 g/mol. The van der Waals surface area contributed by atoms with E-state index in [2.05, 4.69) is 11.1 Å². The molecule has 2 aromatic rings. The number of rotatable bonds is 5. The van der Waals surface area contributed by atoms with Gasteiger partial charge in [0, 0.05) is 17.5 Å². The number of aromatic nitrogens is 1. The summed E-state index contributed by atoms with van der Waals surface area (Å²) in [6.45, 7) is 4.04. The van der Waals surface area contributed by atoms with Gasteiger partial charge in [0.15, 0.2) is 0 Å². The fourth-order valence-electron chi connectivity index (χ4n) is 2.51. The fraction of sp³-hybridized carbons (Fsp3) is 0.353. The maximum absolute atomic E-state index is 10.5. The minimum Gasteiger partial charge on any atom is -0.496 e. The van der Waals surface area contributed by atoms with Gasteiger partial charge in [0.05, 0.1) is 13.2 Å². The van der Waals surface area contributed by atoms with Crippen LogP contribution in [0.1, 0.15) is 34.9 Å². The number of aliphatic hydroxyl groups is 1. The Morgan fingerprint density at radius 1 is 1.25 bits per heavy atom. The molecule has 3 nitrogen and oxygen atoms in total. The molecule has 0 aliphatic heterocycles. The van der Waals surface area contributed by atoms with E-state index < -0.39 is 6.10 Å². The molecule has 0 radical (unpaired) electrons. The van der Waals surface area contributed by atoms with E-state index in [9.17, 15) is 5.11 Å². The number of pyridine rings is 1. The summed E-state index contributed by atoms with van der Waals surface area (Å²) in [4.78, 5) is 4.28. The highest BCUT2D eigenvalue weighted by Crippen LogP contribution is 2.32. The summed E-state index contributed by atoms with van der Waals surface area (Å²) in [6, 6.07) is 9.87. The van der Waals surface area contributed by atoms with Gasteiger partial charge in [-0.25, -0.2) is 0 Å². The molecule has 0 bridgehead atoms. The van der Waals surface area contributed by atoms with Crippen LogP contribution in [0.15, 0.2) is 36.5 Å². The van der Waals surface area contributed by atoms with Crippen LogP contribution in [-0.2, 0) is 6.42 Å². The second-order valence-corrected chi connectivity index (χ2v) is 5.07. The second-order valence-electron chi connectivity index (χ2n) is 5.07. The van der Waals surface area contributed by atoms with Crippen molar-refractivity contribution >= 4 is 0 Å². The van der Waals surface area contributed by atoms with Crippen LogP contribution in [0.2, 0.25) is 0 Å². The van der Waals surface area contributed by atoms with Crippen molar-refractivity contribution in [2.45, 2.75) is 32.8 Å². The predicted molar refractivity (Wildman–Crippen MR) is 80.0 cm³/mol. The Hall–Kier alpha value is -1.87. The molecule has 0 aliphatic rings. The first-order valence-electron chi connectivity index (χ1n) is 6.85. The van der Waals surface area contributed by atoms with E-state index >= 15 is 0 Å². The molecule has 1 atom stereocenters. The van der Waals surface area contributed by atoms with Gasteiger partial charge in [-0.15, -0.1) is 0 Å². The van der Waals surface area contributed by atoms with Gasteiger partial charge in [0.2, 0.25) is 0 Å². The van der Waals surface area contributed by atoms with E-state index in [-0.39, 0.29) is 0 Å². The summed E-state index contributed by atoms with van der Waals surface area (Å²) in [5.74, 6) is 0.760. The molecule has 0 aliphatic carbocycles. The third-order valence-electron chi connectivity index (χ3n) is 3.45. The lowest BCUT2D eigenvalue weighted by molar-refractivity contribution is 0.162. The average molecular weight is 271 g/mol. The summed E-state index contributed by atoms with van der Waals surface area (Å²) in [6.07, 6.45) is 2.63. The normalized spacial score (nSPS) is 12.2. The molecular formula is C17H21NO2. The van der Waals surface area contributed by atoms with Gasteiger partial charge in [0.1, 0.15) is 5.75 Å². The molecule has 1 aromatic heterocycles. The number of methoxy groups -OCH3 is 1. The Bertz CT molecular complexity index is 567. The lowest BCUT2D eigenvalue weighted by Crippen LogP contribution is -2.05. The fourth-order valence-corrected chi connectivity index (χ4v) is 2.51. The number of hydrogen-bond acceptors (Lipinski definition) is 3. The number of nitrogens with zero attached hydrogens (tertiary/aromatic N) is 1. The summed E-state index contributed by atoms with van der Waals surface area (Å²) >= 11 is 0. The molecule has 1 unspecified atom stereocenters. The molecule has 20 heavy (non-hydrogen) atoms. The minimum absolute atomic E-state index is 0.535. The van der Waals surface area contributed by atoms with Crippen molar-refractivity contribution in [2.24, 2.45) is 0 Å². The summed E-state index contributed by atoms with van der Waals surface area (Å²) in [7, 11) is 1.64. The van der Waals surface area contributed by atoms with Crippen molar-refractivity contribution in [3.8, 4) is 5.75 Å². The van der Waals surface area contributed by atoms with Gasteiger partial charge < -0.3 is 9.84 Å². The van der Waals surface area contributed by atoms with Crippen molar-refractivity contribution in [1.29, 1.82) is 0 Å². The van der Waals surface area contributed by atoms with Crippen molar-refractivity contribution < 1.29 is 9.84 Å². The first-order chi connectivity index (χ1) is 9.61. The third kappa shape index (κ3) is 3.36. The van der Waals surface area contributed by atoms with Crippen molar-refractivity contribution in [3.05, 3.63) is 58.9 Å². The molecule has 2 rings (SSSR count). The van der Waals surface area contributed by atoms with E-state index in [1.54, 1.807) is 13.3 Å². The van der Waals surface area contributed by atoms with E-state index in [1.165, 1.54) is 0 Å². The van der Waals surface area contributed by atoms with E-state index in [1.807, 2.05) is 38.1 Å². The maximum atomic E-state index is 10.5. The molecule has 0 amide bonds. The molecule has 3 heteroatoms. The Morgan fingerprint density at radius 3 is 2.70 bits per heavy atom. The van der Waals surface area contributed by atoms with Gasteiger partial charge in [-0.05, 0) is 56.0 Å². The Labute approximate surface area is 120 Å². The van der Waals surface area contributed by atoms with Crippen molar-refractivity contribution in [2.75, 3.05) is 7.11 Å². The standard InChI is InChI=1S/C17H21NO2/c1-12-10-13(2)17(16(11-12)20-3)15(19)8-7-14-6-4-5-9-18-14/h4-6,9-11,15,19H,7-8H2,1-3H3. The lowest BCUT2D eigenvalue weighted by atomic mass is 9.96. The van der Waals surface area contributed by atoms with Gasteiger partial charge in [0.25, 0.3) is 0 Å². The molecule has 1 N–H and O–H groups in total. The molecule has 0 saturated carbocycles. The van der Waals surface area contributed by atoms with Crippen LogP contribution < -0.4 is 4.74 Å². The number of aliphatic hydroxyl groups excluding tert-OH is 1. The van der Waals surface area contributed by atoms with E-state index in [4.69, 9.17) is 4.74 Å². The van der Waals surface area contributed by atoms with Gasteiger partial charge in [-0.3, -0.25) is 4.98 Å². The highest BCUT2D eigenvalue weighted by Gasteiger charge is 2.16. The van der Waals surface area contributed by atoms with E-state index in [0.29, 0.717) is 6.42 Å². The largest absolute Gasteiger partial charge is 0.496 e. The number of benzene rings is 1. The molecule has 106 valence electrons. The minimum atomic E-state index is -0.535. The molecule has 0 fully saturated rings. The first-order valence-corrected chi connectivity index (χ1v) is 6.85. The van der Waals surface area contributed by atoms with Crippen LogP contribution >= 0.6 is 0 Å². The van der Waals surface area contributed by atoms with Gasteiger partial charge >= 0.3 is 0 Å². The zero-order valence-electron chi connectivity index (χ0n) is 12.3. The topological polar surface area (TPSA) is 42.4 Å². The quantitative estimate of drug-likeness (QED) is 0.906. The number of ether oxygens (including phenoxy) is 1. The predicted octanol–water partition coefficient (Wildman–Crippen LogP) is 3.37. The maximum Gasteiger partial charge on any atom is 0.125 e. The zero-order chi connectivity index (χ0) is 14.5. The highest BCUT2D eigenvalue weighted by atomic mass is 16.5. The van der Waals surface area contributed by atoms with Gasteiger partial charge in [-0.1, -0.05) is 12.1 Å². The highest BCUT2D eigenvalue weighted by molar-refractivity contribution is 5.44. The van der Waals surface area contributed by atoms with Crippen LogP contribution in [0.5, 0.6) is 5.75 Å². The van der Waals surface area contributed by atoms with Crippen LogP contribution in [0.25, 0.3) is 0 Å². The summed E-state index contributed by atoms with van der Waals surface area (Å²) in [5.41, 5.74) is 4.08.